The standard InChI is InChI=1S/C9H18N2O2/c1-4-10(3)9(12)11-5-6-13-8(2)7-11/h8H,4-7H2,1-3H3. The average molecular weight is 186 g/mol. The molecule has 1 atom stereocenters. The molecule has 0 aromatic heterocycles. The molecule has 0 spiro atoms. The van der Waals surface area contributed by atoms with Crippen molar-refractivity contribution in [2.24, 2.45) is 0 Å². The van der Waals surface area contributed by atoms with E-state index >= 15 is 0 Å². The zero-order valence-electron chi connectivity index (χ0n) is 8.62. The highest BCUT2D eigenvalue weighted by atomic mass is 16.5. The van der Waals surface area contributed by atoms with Crippen LogP contribution in [-0.4, -0.2) is 55.2 Å². The van der Waals surface area contributed by atoms with Crippen molar-refractivity contribution in [2.45, 2.75) is 20.0 Å². The van der Waals surface area contributed by atoms with Crippen molar-refractivity contribution >= 4 is 6.03 Å². The van der Waals surface area contributed by atoms with Crippen LogP contribution in [0.1, 0.15) is 13.8 Å². The fraction of sp³-hybridized carbons (Fsp3) is 0.889. The average Bonchev–Trinajstić information content (AvgIpc) is 2.15. The summed E-state index contributed by atoms with van der Waals surface area (Å²) in [6.45, 7) is 6.80. The zero-order chi connectivity index (χ0) is 9.84. The topological polar surface area (TPSA) is 32.8 Å². The molecule has 0 saturated carbocycles. The first-order valence-corrected chi connectivity index (χ1v) is 4.76. The Labute approximate surface area is 79.4 Å². The Hall–Kier alpha value is -0.770. The summed E-state index contributed by atoms with van der Waals surface area (Å²) < 4.78 is 5.36. The third-order valence-corrected chi connectivity index (χ3v) is 2.31. The van der Waals surface area contributed by atoms with E-state index in [0.717, 1.165) is 6.54 Å². The minimum atomic E-state index is 0.109. The maximum absolute atomic E-state index is 11.7. The van der Waals surface area contributed by atoms with Crippen LogP contribution < -0.4 is 0 Å². The fourth-order valence-corrected chi connectivity index (χ4v) is 1.37. The molecule has 4 nitrogen and oxygen atoms in total. The first-order valence-electron chi connectivity index (χ1n) is 4.76. The summed E-state index contributed by atoms with van der Waals surface area (Å²) in [5.41, 5.74) is 0. The highest BCUT2D eigenvalue weighted by Gasteiger charge is 2.22. The monoisotopic (exact) mass is 186 g/mol. The lowest BCUT2D eigenvalue weighted by molar-refractivity contribution is -0.00791. The van der Waals surface area contributed by atoms with Gasteiger partial charge in [0.2, 0.25) is 0 Å². The van der Waals surface area contributed by atoms with E-state index in [9.17, 15) is 4.79 Å². The molecule has 1 rings (SSSR count). The largest absolute Gasteiger partial charge is 0.375 e. The quantitative estimate of drug-likeness (QED) is 0.606. The SMILES string of the molecule is CCN(C)C(=O)N1CCOC(C)C1. The molecular formula is C9H18N2O2. The zero-order valence-corrected chi connectivity index (χ0v) is 8.62. The molecule has 1 heterocycles. The number of hydrogen-bond acceptors (Lipinski definition) is 2. The van der Waals surface area contributed by atoms with Gasteiger partial charge in [0.15, 0.2) is 0 Å². The summed E-state index contributed by atoms with van der Waals surface area (Å²) in [6.07, 6.45) is 0.169. The van der Waals surface area contributed by atoms with Crippen LogP contribution in [-0.2, 0) is 4.74 Å². The number of carbonyl (C=O) groups excluding carboxylic acids is 1. The molecule has 1 unspecified atom stereocenters. The summed E-state index contributed by atoms with van der Waals surface area (Å²) in [7, 11) is 1.82. The van der Waals surface area contributed by atoms with Crippen LogP contribution in [0.15, 0.2) is 0 Å². The molecule has 1 aliphatic heterocycles. The molecule has 0 N–H and O–H groups in total. The van der Waals surface area contributed by atoms with Crippen LogP contribution in [0.3, 0.4) is 0 Å². The molecule has 1 saturated heterocycles. The summed E-state index contributed by atoms with van der Waals surface area (Å²) >= 11 is 0. The minimum absolute atomic E-state index is 0.109. The van der Waals surface area contributed by atoms with Crippen LogP contribution in [0.2, 0.25) is 0 Å². The van der Waals surface area contributed by atoms with Gasteiger partial charge in [0, 0.05) is 26.7 Å². The van der Waals surface area contributed by atoms with E-state index in [-0.39, 0.29) is 12.1 Å². The molecule has 0 aromatic rings. The van der Waals surface area contributed by atoms with Gasteiger partial charge in [-0.25, -0.2) is 4.79 Å². The molecule has 2 amide bonds. The minimum Gasteiger partial charge on any atom is -0.375 e. The molecule has 1 aliphatic rings. The first kappa shape index (κ1) is 10.3. The normalized spacial score (nSPS) is 23.0. The van der Waals surface area contributed by atoms with Crippen molar-refractivity contribution in [3.63, 3.8) is 0 Å². The van der Waals surface area contributed by atoms with E-state index in [0.29, 0.717) is 19.7 Å². The van der Waals surface area contributed by atoms with Gasteiger partial charge in [0.1, 0.15) is 0 Å². The number of amides is 2. The summed E-state index contributed by atoms with van der Waals surface area (Å²) in [6, 6.07) is 0.109. The lowest BCUT2D eigenvalue weighted by atomic mass is 10.3. The molecule has 0 aromatic carbocycles. The van der Waals surface area contributed by atoms with Gasteiger partial charge in [-0.15, -0.1) is 0 Å². The molecule has 1 fully saturated rings. The van der Waals surface area contributed by atoms with Gasteiger partial charge < -0.3 is 14.5 Å². The van der Waals surface area contributed by atoms with Gasteiger partial charge in [-0.1, -0.05) is 0 Å². The van der Waals surface area contributed by atoms with E-state index in [4.69, 9.17) is 4.74 Å². The lowest BCUT2D eigenvalue weighted by Gasteiger charge is -2.33. The van der Waals surface area contributed by atoms with Crippen molar-refractivity contribution in [3.8, 4) is 0 Å². The number of carbonyl (C=O) groups is 1. The van der Waals surface area contributed by atoms with E-state index in [1.807, 2.05) is 25.8 Å². The van der Waals surface area contributed by atoms with Crippen molar-refractivity contribution in [1.29, 1.82) is 0 Å². The molecular weight excluding hydrogens is 168 g/mol. The predicted molar refractivity (Wildman–Crippen MR) is 50.7 cm³/mol. The van der Waals surface area contributed by atoms with Crippen LogP contribution >= 0.6 is 0 Å². The van der Waals surface area contributed by atoms with E-state index in [1.165, 1.54) is 0 Å². The van der Waals surface area contributed by atoms with Crippen LogP contribution in [0, 0.1) is 0 Å². The third kappa shape index (κ3) is 2.59. The Balaban J connectivity index is 2.46. The number of morpholine rings is 1. The van der Waals surface area contributed by atoms with E-state index in [1.54, 1.807) is 4.90 Å². The number of ether oxygens (including phenoxy) is 1. The van der Waals surface area contributed by atoms with Crippen LogP contribution in [0.4, 0.5) is 4.79 Å². The second kappa shape index (κ2) is 4.46. The van der Waals surface area contributed by atoms with E-state index < -0.39 is 0 Å². The Morgan fingerprint density at radius 3 is 2.92 bits per heavy atom. The molecule has 0 bridgehead atoms. The van der Waals surface area contributed by atoms with E-state index in [2.05, 4.69) is 0 Å². The van der Waals surface area contributed by atoms with Gasteiger partial charge in [-0.05, 0) is 13.8 Å². The second-order valence-corrected chi connectivity index (χ2v) is 3.42. The van der Waals surface area contributed by atoms with Crippen molar-refractivity contribution < 1.29 is 9.53 Å². The van der Waals surface area contributed by atoms with Crippen molar-refractivity contribution in [3.05, 3.63) is 0 Å². The first-order chi connectivity index (χ1) is 6.15. The molecule has 76 valence electrons. The Morgan fingerprint density at radius 1 is 1.69 bits per heavy atom. The maximum Gasteiger partial charge on any atom is 0.319 e. The summed E-state index contributed by atoms with van der Waals surface area (Å²) in [5, 5.41) is 0. The molecule has 0 aliphatic carbocycles. The predicted octanol–water partition coefficient (Wildman–Crippen LogP) is 0.779. The maximum atomic E-state index is 11.7. The molecule has 0 radical (unpaired) electrons. The van der Waals surface area contributed by atoms with Gasteiger partial charge in [-0.2, -0.15) is 0 Å². The van der Waals surface area contributed by atoms with Gasteiger partial charge in [0.25, 0.3) is 0 Å². The van der Waals surface area contributed by atoms with Crippen molar-refractivity contribution in [2.75, 3.05) is 33.3 Å². The Bertz CT molecular complexity index is 184. The van der Waals surface area contributed by atoms with Crippen LogP contribution in [0.25, 0.3) is 0 Å². The number of rotatable bonds is 1. The van der Waals surface area contributed by atoms with Gasteiger partial charge in [-0.3, -0.25) is 0 Å². The third-order valence-electron chi connectivity index (χ3n) is 2.31. The number of hydrogen-bond donors (Lipinski definition) is 0. The Kier molecular flexibility index (Phi) is 3.54. The summed E-state index contributed by atoms with van der Waals surface area (Å²) in [4.78, 5) is 15.2. The Morgan fingerprint density at radius 2 is 2.38 bits per heavy atom. The van der Waals surface area contributed by atoms with Crippen molar-refractivity contribution in [1.82, 2.24) is 9.80 Å². The van der Waals surface area contributed by atoms with Crippen LogP contribution in [0.5, 0.6) is 0 Å². The molecule has 13 heavy (non-hydrogen) atoms. The number of nitrogens with zero attached hydrogens (tertiary/aromatic N) is 2. The lowest BCUT2D eigenvalue weighted by Crippen LogP contribution is -2.49. The van der Waals surface area contributed by atoms with Gasteiger partial charge in [0.05, 0.1) is 12.7 Å². The highest BCUT2D eigenvalue weighted by Crippen LogP contribution is 2.06. The molecule has 4 heteroatoms. The van der Waals surface area contributed by atoms with Gasteiger partial charge >= 0.3 is 6.03 Å². The number of urea groups is 1. The highest BCUT2D eigenvalue weighted by molar-refractivity contribution is 5.74. The smallest absolute Gasteiger partial charge is 0.319 e. The fourth-order valence-electron chi connectivity index (χ4n) is 1.37. The summed E-state index contributed by atoms with van der Waals surface area (Å²) in [5.74, 6) is 0. The second-order valence-electron chi connectivity index (χ2n) is 3.42.